The molecule has 3 atom stereocenters. The number of quaternary nitrogens is 1. The van der Waals surface area contributed by atoms with E-state index in [0.717, 1.165) is 25.8 Å². The van der Waals surface area contributed by atoms with Gasteiger partial charge in [0.1, 0.15) is 6.04 Å². The quantitative estimate of drug-likeness (QED) is 0.480. The van der Waals surface area contributed by atoms with E-state index in [1.54, 1.807) is 4.90 Å². The first kappa shape index (κ1) is 11.9. The molecule has 0 aromatic rings. The molecule has 5 heteroatoms. The van der Waals surface area contributed by atoms with Crippen LogP contribution in [0.1, 0.15) is 26.2 Å². The van der Waals surface area contributed by atoms with Crippen LogP contribution in [-0.4, -0.2) is 35.3 Å². The lowest BCUT2D eigenvalue weighted by Crippen LogP contribution is -3.00. The standard InChI is InChI=1S/C11H16N2O2.ClH/c1-6-9-8(4-5-12-9)13(10(6)14)11(15)7-2-3-7;/h6-9,12H,2-5H2,1H3;1H/t6-,8-,9+;/m0./s1. The van der Waals surface area contributed by atoms with Crippen LogP contribution in [-0.2, 0) is 9.59 Å². The van der Waals surface area contributed by atoms with E-state index in [1.165, 1.54) is 0 Å². The summed E-state index contributed by atoms with van der Waals surface area (Å²) in [6, 6.07) is 0.529. The number of fused-ring (bicyclic) bond motifs is 1. The topological polar surface area (TPSA) is 54.0 Å². The van der Waals surface area contributed by atoms with Crippen molar-refractivity contribution in [3.05, 3.63) is 0 Å². The molecule has 16 heavy (non-hydrogen) atoms. The molecule has 3 fully saturated rings. The maximum atomic E-state index is 12.0. The number of rotatable bonds is 1. The lowest BCUT2D eigenvalue weighted by Gasteiger charge is -2.19. The molecule has 2 heterocycles. The fourth-order valence-corrected chi connectivity index (χ4v) is 2.99. The average molecular weight is 245 g/mol. The number of imide groups is 1. The van der Waals surface area contributed by atoms with E-state index in [-0.39, 0.29) is 42.1 Å². The van der Waals surface area contributed by atoms with Gasteiger partial charge in [0.25, 0.3) is 0 Å². The second kappa shape index (κ2) is 4.00. The van der Waals surface area contributed by atoms with Gasteiger partial charge in [-0.15, -0.1) is 0 Å². The smallest absolute Gasteiger partial charge is 0.238 e. The normalized spacial score (nSPS) is 37.2. The summed E-state index contributed by atoms with van der Waals surface area (Å²) < 4.78 is 0. The van der Waals surface area contributed by atoms with Crippen molar-refractivity contribution in [1.29, 1.82) is 0 Å². The zero-order valence-corrected chi connectivity index (χ0v) is 10.1. The minimum Gasteiger partial charge on any atom is -1.00 e. The molecule has 1 saturated carbocycles. The van der Waals surface area contributed by atoms with Crippen LogP contribution in [0, 0.1) is 11.8 Å². The molecular weight excluding hydrogens is 228 g/mol. The third-order valence-electron chi connectivity index (χ3n) is 4.05. The van der Waals surface area contributed by atoms with E-state index in [4.69, 9.17) is 0 Å². The van der Waals surface area contributed by atoms with E-state index in [1.807, 2.05) is 6.92 Å². The first-order valence-electron chi connectivity index (χ1n) is 5.90. The molecule has 1 aliphatic carbocycles. The zero-order chi connectivity index (χ0) is 10.6. The van der Waals surface area contributed by atoms with Gasteiger partial charge in [-0.3, -0.25) is 14.5 Å². The van der Waals surface area contributed by atoms with Gasteiger partial charge in [0, 0.05) is 12.3 Å². The molecule has 4 nitrogen and oxygen atoms in total. The fraction of sp³-hybridized carbons (Fsp3) is 0.818. The Morgan fingerprint density at radius 2 is 2.06 bits per heavy atom. The van der Waals surface area contributed by atoms with E-state index < -0.39 is 0 Å². The van der Waals surface area contributed by atoms with Crippen molar-refractivity contribution in [2.75, 3.05) is 6.54 Å². The van der Waals surface area contributed by atoms with Crippen LogP contribution >= 0.6 is 0 Å². The average Bonchev–Trinajstić information content (AvgIpc) is 2.92. The molecule has 0 spiro atoms. The largest absolute Gasteiger partial charge is 1.00 e. The van der Waals surface area contributed by atoms with Gasteiger partial charge in [0.05, 0.1) is 18.5 Å². The van der Waals surface area contributed by atoms with Gasteiger partial charge in [0.15, 0.2) is 0 Å². The van der Waals surface area contributed by atoms with Crippen LogP contribution in [0.15, 0.2) is 0 Å². The SMILES string of the molecule is C[C@@H]1C(=O)N(C(=O)C2CC2)[C@H]2CC[NH2+][C@H]12.[Cl-]. The maximum Gasteiger partial charge on any atom is 0.238 e. The molecule has 0 radical (unpaired) electrons. The molecule has 2 N–H and O–H groups in total. The highest BCUT2D eigenvalue weighted by Gasteiger charge is 2.55. The minimum absolute atomic E-state index is 0. The number of likely N-dealkylation sites (tertiary alicyclic amines) is 1. The van der Waals surface area contributed by atoms with Gasteiger partial charge in [-0.05, 0) is 19.8 Å². The van der Waals surface area contributed by atoms with Gasteiger partial charge >= 0.3 is 0 Å². The second-order valence-corrected chi connectivity index (χ2v) is 5.07. The molecule has 0 unspecified atom stereocenters. The predicted molar refractivity (Wildman–Crippen MR) is 52.7 cm³/mol. The Bertz CT molecular complexity index is 322. The Kier molecular flexibility index (Phi) is 2.97. The van der Waals surface area contributed by atoms with Crippen LogP contribution in [0.4, 0.5) is 0 Å². The van der Waals surface area contributed by atoms with E-state index in [9.17, 15) is 9.59 Å². The van der Waals surface area contributed by atoms with Crippen molar-refractivity contribution in [2.45, 2.75) is 38.3 Å². The number of nitrogens with zero attached hydrogens (tertiary/aromatic N) is 1. The lowest BCUT2D eigenvalue weighted by molar-refractivity contribution is -0.673. The number of nitrogens with two attached hydrogens (primary N) is 1. The highest BCUT2D eigenvalue weighted by molar-refractivity contribution is 6.00. The van der Waals surface area contributed by atoms with E-state index in [2.05, 4.69) is 5.32 Å². The van der Waals surface area contributed by atoms with Crippen LogP contribution in [0.3, 0.4) is 0 Å². The van der Waals surface area contributed by atoms with Crippen LogP contribution < -0.4 is 17.7 Å². The van der Waals surface area contributed by atoms with Crippen molar-refractivity contribution >= 4 is 11.8 Å². The summed E-state index contributed by atoms with van der Waals surface area (Å²) in [7, 11) is 0. The Morgan fingerprint density at radius 1 is 1.38 bits per heavy atom. The van der Waals surface area contributed by atoms with Crippen molar-refractivity contribution in [3.8, 4) is 0 Å². The van der Waals surface area contributed by atoms with Gasteiger partial charge < -0.3 is 17.7 Å². The van der Waals surface area contributed by atoms with Crippen molar-refractivity contribution in [3.63, 3.8) is 0 Å². The first-order chi connectivity index (χ1) is 7.20. The monoisotopic (exact) mass is 244 g/mol. The van der Waals surface area contributed by atoms with Gasteiger partial charge in [-0.2, -0.15) is 0 Å². The summed E-state index contributed by atoms with van der Waals surface area (Å²) in [5, 5.41) is 2.23. The summed E-state index contributed by atoms with van der Waals surface area (Å²) in [5.74, 6) is 0.369. The fourth-order valence-electron chi connectivity index (χ4n) is 2.99. The summed E-state index contributed by atoms with van der Waals surface area (Å²) >= 11 is 0. The molecule has 0 aromatic heterocycles. The highest BCUT2D eigenvalue weighted by Crippen LogP contribution is 2.36. The van der Waals surface area contributed by atoms with Crippen LogP contribution in [0.2, 0.25) is 0 Å². The van der Waals surface area contributed by atoms with Crippen LogP contribution in [0.25, 0.3) is 0 Å². The van der Waals surface area contributed by atoms with Gasteiger partial charge in [0.2, 0.25) is 11.8 Å². The van der Waals surface area contributed by atoms with E-state index in [0.29, 0.717) is 6.04 Å². The number of halogens is 1. The minimum atomic E-state index is 0. The Labute approximate surface area is 101 Å². The highest BCUT2D eigenvalue weighted by atomic mass is 35.5. The number of amides is 2. The number of hydrogen-bond acceptors (Lipinski definition) is 2. The van der Waals surface area contributed by atoms with E-state index >= 15 is 0 Å². The number of carbonyl (C=O) groups is 2. The molecule has 2 aliphatic heterocycles. The van der Waals surface area contributed by atoms with Crippen molar-refractivity contribution in [1.82, 2.24) is 4.90 Å². The lowest BCUT2D eigenvalue weighted by atomic mass is 10.0. The first-order valence-corrected chi connectivity index (χ1v) is 5.90. The Hall–Kier alpha value is -0.610. The molecule has 2 saturated heterocycles. The van der Waals surface area contributed by atoms with Gasteiger partial charge in [-0.25, -0.2) is 0 Å². The molecule has 3 rings (SSSR count). The predicted octanol–water partition coefficient (Wildman–Crippen LogP) is -3.89. The Balaban J connectivity index is 0.000000963. The molecule has 0 bridgehead atoms. The molecule has 90 valence electrons. The van der Waals surface area contributed by atoms with Crippen molar-refractivity contribution < 1.29 is 27.3 Å². The van der Waals surface area contributed by atoms with Crippen molar-refractivity contribution in [2.24, 2.45) is 11.8 Å². The van der Waals surface area contributed by atoms with Crippen LogP contribution in [0.5, 0.6) is 0 Å². The zero-order valence-electron chi connectivity index (χ0n) is 9.36. The third-order valence-corrected chi connectivity index (χ3v) is 4.05. The van der Waals surface area contributed by atoms with Gasteiger partial charge in [-0.1, -0.05) is 0 Å². The molecular formula is C11H17ClN2O2. The number of hydrogen-bond donors (Lipinski definition) is 1. The summed E-state index contributed by atoms with van der Waals surface area (Å²) in [6.07, 6.45) is 2.95. The molecule has 0 aromatic carbocycles. The summed E-state index contributed by atoms with van der Waals surface area (Å²) in [6.45, 7) is 3.02. The molecule has 3 aliphatic rings. The second-order valence-electron chi connectivity index (χ2n) is 5.07. The Morgan fingerprint density at radius 3 is 2.69 bits per heavy atom. The summed E-state index contributed by atoms with van der Waals surface area (Å²) in [4.78, 5) is 25.6. The summed E-state index contributed by atoms with van der Waals surface area (Å²) in [5.41, 5.74) is 0. The third kappa shape index (κ3) is 1.55. The number of carbonyl (C=O) groups excluding carboxylic acids is 2. The molecule has 2 amide bonds. The maximum absolute atomic E-state index is 12.0.